The maximum absolute atomic E-state index is 12.5. The fourth-order valence-electron chi connectivity index (χ4n) is 3.26. The normalized spacial score (nSPS) is 13.0. The summed E-state index contributed by atoms with van der Waals surface area (Å²) in [6.07, 6.45) is 2.55. The van der Waals surface area contributed by atoms with Gasteiger partial charge in [-0.05, 0) is 30.4 Å². The van der Waals surface area contributed by atoms with E-state index in [2.05, 4.69) is 6.07 Å². The second kappa shape index (κ2) is 6.81. The van der Waals surface area contributed by atoms with Crippen LogP contribution in [0.5, 0.6) is 5.75 Å². The van der Waals surface area contributed by atoms with Crippen molar-refractivity contribution in [2.24, 2.45) is 0 Å². The lowest BCUT2D eigenvalue weighted by atomic mass is 10.0. The summed E-state index contributed by atoms with van der Waals surface area (Å²) in [5.41, 5.74) is 3.47. The van der Waals surface area contributed by atoms with E-state index in [0.717, 1.165) is 35.1 Å². The summed E-state index contributed by atoms with van der Waals surface area (Å²) in [5, 5.41) is 10.8. The Morgan fingerprint density at radius 1 is 1.00 bits per heavy atom. The van der Waals surface area contributed by atoms with Crippen molar-refractivity contribution in [2.75, 3.05) is 0 Å². The quantitative estimate of drug-likeness (QED) is 0.690. The highest BCUT2D eigenvalue weighted by molar-refractivity contribution is 7.98. The van der Waals surface area contributed by atoms with E-state index in [1.165, 1.54) is 11.8 Å². The third kappa shape index (κ3) is 3.10. The van der Waals surface area contributed by atoms with E-state index in [0.29, 0.717) is 22.8 Å². The molecule has 0 atom stereocenters. The molecule has 25 heavy (non-hydrogen) atoms. The van der Waals surface area contributed by atoms with E-state index in [9.17, 15) is 9.90 Å². The average Bonchev–Trinajstić information content (AvgIpc) is 2.82. The molecule has 1 aliphatic rings. The maximum atomic E-state index is 12.5. The van der Waals surface area contributed by atoms with Gasteiger partial charge in [-0.15, -0.1) is 11.8 Å². The van der Waals surface area contributed by atoms with Crippen molar-refractivity contribution in [3.05, 3.63) is 81.7 Å². The van der Waals surface area contributed by atoms with Crippen LogP contribution in [0.15, 0.2) is 68.7 Å². The minimum atomic E-state index is -0.464. The molecule has 126 valence electrons. The van der Waals surface area contributed by atoms with Gasteiger partial charge in [-0.25, -0.2) is 4.79 Å². The Morgan fingerprint density at radius 3 is 2.60 bits per heavy atom. The molecule has 0 radical (unpaired) electrons. The molecule has 0 amide bonds. The lowest BCUT2D eigenvalue weighted by Gasteiger charge is -2.12. The van der Waals surface area contributed by atoms with Crippen LogP contribution in [0.1, 0.15) is 23.1 Å². The zero-order chi connectivity index (χ0) is 17.2. The Bertz CT molecular complexity index is 961. The Morgan fingerprint density at radius 2 is 1.76 bits per heavy atom. The van der Waals surface area contributed by atoms with Crippen LogP contribution in [0, 0.1) is 0 Å². The van der Waals surface area contributed by atoms with Crippen LogP contribution in [0.25, 0.3) is 11.3 Å². The van der Waals surface area contributed by atoms with E-state index in [-0.39, 0.29) is 5.75 Å². The van der Waals surface area contributed by atoms with Crippen LogP contribution in [0.3, 0.4) is 0 Å². The molecule has 2 aromatic carbocycles. The molecular weight excluding hydrogens is 332 g/mol. The average molecular weight is 350 g/mol. The second-order valence-electron chi connectivity index (χ2n) is 6.16. The highest BCUT2D eigenvalue weighted by Gasteiger charge is 2.24. The van der Waals surface area contributed by atoms with E-state index in [1.54, 1.807) is 0 Å². The lowest BCUT2D eigenvalue weighted by molar-refractivity contribution is 0.420. The monoisotopic (exact) mass is 350 g/mol. The van der Waals surface area contributed by atoms with Crippen LogP contribution in [-0.2, 0) is 18.6 Å². The first-order valence-corrected chi connectivity index (χ1v) is 9.36. The topological polar surface area (TPSA) is 50.4 Å². The van der Waals surface area contributed by atoms with Crippen LogP contribution in [0.4, 0.5) is 0 Å². The van der Waals surface area contributed by atoms with Crippen molar-refractivity contribution < 1.29 is 9.52 Å². The summed E-state index contributed by atoms with van der Waals surface area (Å²) in [4.78, 5) is 12.8. The summed E-state index contributed by atoms with van der Waals surface area (Å²) < 4.78 is 5.67. The molecule has 0 fully saturated rings. The molecule has 3 nitrogen and oxygen atoms in total. The zero-order valence-corrected chi connectivity index (χ0v) is 14.5. The third-order valence-electron chi connectivity index (χ3n) is 4.52. The fourth-order valence-corrected chi connectivity index (χ4v) is 4.19. The number of benzene rings is 2. The zero-order valence-electron chi connectivity index (χ0n) is 13.7. The number of hydrogen-bond donors (Lipinski definition) is 1. The second-order valence-corrected chi connectivity index (χ2v) is 7.15. The number of rotatable bonds is 3. The van der Waals surface area contributed by atoms with E-state index in [4.69, 9.17) is 4.42 Å². The molecule has 3 aromatic rings. The van der Waals surface area contributed by atoms with E-state index in [1.807, 2.05) is 48.5 Å². The summed E-state index contributed by atoms with van der Waals surface area (Å²) >= 11 is 1.33. The van der Waals surface area contributed by atoms with Crippen molar-refractivity contribution in [2.45, 2.75) is 29.9 Å². The van der Waals surface area contributed by atoms with Crippen molar-refractivity contribution >= 4 is 11.8 Å². The minimum Gasteiger partial charge on any atom is -0.506 e. The first-order chi connectivity index (χ1) is 12.2. The summed E-state index contributed by atoms with van der Waals surface area (Å²) in [6, 6.07) is 17.8. The molecule has 1 N–H and O–H groups in total. The molecule has 0 saturated carbocycles. The molecule has 0 unspecified atom stereocenters. The van der Waals surface area contributed by atoms with Gasteiger partial charge >= 0.3 is 5.63 Å². The Balaban J connectivity index is 1.75. The van der Waals surface area contributed by atoms with Gasteiger partial charge in [0.25, 0.3) is 0 Å². The fraction of sp³-hybridized carbons (Fsp3) is 0.190. The van der Waals surface area contributed by atoms with Crippen LogP contribution in [-0.4, -0.2) is 5.11 Å². The van der Waals surface area contributed by atoms with Crippen molar-refractivity contribution in [3.63, 3.8) is 0 Å². The van der Waals surface area contributed by atoms with Gasteiger partial charge in [0.2, 0.25) is 0 Å². The Kier molecular flexibility index (Phi) is 4.36. The smallest absolute Gasteiger partial charge is 0.353 e. The number of hydrogen-bond acceptors (Lipinski definition) is 4. The lowest BCUT2D eigenvalue weighted by Crippen LogP contribution is -2.06. The van der Waals surface area contributed by atoms with Gasteiger partial charge in [0, 0.05) is 16.9 Å². The molecule has 4 rings (SSSR count). The Labute approximate surface area is 150 Å². The summed E-state index contributed by atoms with van der Waals surface area (Å²) in [7, 11) is 0. The van der Waals surface area contributed by atoms with Crippen LogP contribution in [0.2, 0.25) is 0 Å². The van der Waals surface area contributed by atoms with Crippen LogP contribution < -0.4 is 5.63 Å². The van der Waals surface area contributed by atoms with E-state index >= 15 is 0 Å². The van der Waals surface area contributed by atoms with Crippen molar-refractivity contribution in [1.29, 1.82) is 0 Å². The largest absolute Gasteiger partial charge is 0.506 e. The van der Waals surface area contributed by atoms with Gasteiger partial charge in [0.1, 0.15) is 16.4 Å². The Hall–Kier alpha value is -2.46. The molecule has 1 aliphatic carbocycles. The standard InChI is InChI=1S/C21H18O3S/c22-18-17-12-6-10-15-9-4-5-11-16(15)19(17)24-21(23)20(18)25-13-14-7-2-1-3-8-14/h1-5,7-9,11,22H,6,10,12-13H2. The molecule has 0 saturated heterocycles. The number of thioether (sulfide) groups is 1. The SMILES string of the molecule is O=c1oc2c(c(O)c1SCc1ccccc1)CCCc1ccccc1-2. The van der Waals surface area contributed by atoms with E-state index < -0.39 is 5.63 Å². The van der Waals surface area contributed by atoms with Gasteiger partial charge in [0.15, 0.2) is 0 Å². The van der Waals surface area contributed by atoms with Gasteiger partial charge in [0.05, 0.1) is 0 Å². The van der Waals surface area contributed by atoms with Gasteiger partial charge in [-0.2, -0.15) is 0 Å². The maximum Gasteiger partial charge on any atom is 0.353 e. The predicted molar refractivity (Wildman–Crippen MR) is 100 cm³/mol. The molecule has 1 aromatic heterocycles. The highest BCUT2D eigenvalue weighted by Crippen LogP contribution is 2.40. The van der Waals surface area contributed by atoms with Crippen molar-refractivity contribution in [3.8, 4) is 17.1 Å². The number of fused-ring (bicyclic) bond motifs is 3. The first-order valence-electron chi connectivity index (χ1n) is 8.38. The summed E-state index contributed by atoms with van der Waals surface area (Å²) in [5.74, 6) is 1.23. The molecule has 4 heteroatoms. The minimum absolute atomic E-state index is 0.0869. The summed E-state index contributed by atoms with van der Waals surface area (Å²) in [6.45, 7) is 0. The first kappa shape index (κ1) is 16.0. The molecule has 0 bridgehead atoms. The van der Waals surface area contributed by atoms with Gasteiger partial charge in [-0.3, -0.25) is 0 Å². The number of aromatic hydroxyl groups is 1. The molecule has 0 aliphatic heterocycles. The van der Waals surface area contributed by atoms with Crippen molar-refractivity contribution in [1.82, 2.24) is 0 Å². The van der Waals surface area contributed by atoms with Crippen LogP contribution >= 0.6 is 11.8 Å². The van der Waals surface area contributed by atoms with Gasteiger partial charge < -0.3 is 9.52 Å². The predicted octanol–water partition coefficient (Wildman–Crippen LogP) is 4.79. The molecule has 1 heterocycles. The van der Waals surface area contributed by atoms with Gasteiger partial charge in [-0.1, -0.05) is 54.6 Å². The molecule has 0 spiro atoms. The number of aryl methyl sites for hydroxylation is 1. The third-order valence-corrected chi connectivity index (χ3v) is 5.64. The highest BCUT2D eigenvalue weighted by atomic mass is 32.2. The molecular formula is C21H18O3S.